The Labute approximate surface area is 320 Å². The van der Waals surface area contributed by atoms with Crippen LogP contribution in [0.5, 0.6) is 0 Å². The first kappa shape index (κ1) is 36.2. The zero-order valence-corrected chi connectivity index (χ0v) is 31.8. The van der Waals surface area contributed by atoms with Crippen molar-refractivity contribution >= 4 is 23.1 Å². The number of allylic oxidation sites excluding steroid dienone is 9. The molecule has 0 radical (unpaired) electrons. The maximum atomic E-state index is 5.28. The third-order valence-corrected chi connectivity index (χ3v) is 10.5. The van der Waals surface area contributed by atoms with Gasteiger partial charge in [-0.25, -0.2) is 0 Å². The monoisotopic (exact) mass is 704 g/mol. The van der Waals surface area contributed by atoms with Crippen molar-refractivity contribution in [3.8, 4) is 11.1 Å². The van der Waals surface area contributed by atoms with Gasteiger partial charge in [0.1, 0.15) is 6.04 Å². The van der Waals surface area contributed by atoms with Crippen LogP contribution < -0.4 is 5.32 Å². The fraction of sp³-hybridized carbons (Fsp3) is 0.180. The number of fused-ring (bicyclic) bond motifs is 3. The molecule has 4 heteroatoms. The summed E-state index contributed by atoms with van der Waals surface area (Å²) >= 11 is 0. The number of rotatable bonds is 11. The molecule has 4 aromatic rings. The number of benzene rings is 3. The second-order valence-corrected chi connectivity index (χ2v) is 14.4. The highest BCUT2D eigenvalue weighted by molar-refractivity contribution is 6.19. The van der Waals surface area contributed by atoms with Crippen molar-refractivity contribution < 1.29 is 0 Å². The summed E-state index contributed by atoms with van der Waals surface area (Å²) < 4.78 is 0. The number of pyridine rings is 1. The van der Waals surface area contributed by atoms with Crippen molar-refractivity contribution in [2.45, 2.75) is 52.6 Å². The van der Waals surface area contributed by atoms with Gasteiger partial charge in [-0.15, -0.1) is 0 Å². The van der Waals surface area contributed by atoms with E-state index in [1.54, 1.807) is 6.08 Å². The van der Waals surface area contributed by atoms with E-state index in [0.29, 0.717) is 0 Å². The van der Waals surface area contributed by atoms with Crippen LogP contribution in [0.1, 0.15) is 80.6 Å². The topological polar surface area (TPSA) is 49.6 Å². The average molecular weight is 705 g/mol. The molecule has 3 atom stereocenters. The third kappa shape index (κ3) is 7.25. The van der Waals surface area contributed by atoms with E-state index in [2.05, 4.69) is 161 Å². The Hall–Kier alpha value is -6.13. The van der Waals surface area contributed by atoms with Crippen LogP contribution in [0.3, 0.4) is 0 Å². The van der Waals surface area contributed by atoms with Crippen LogP contribution >= 0.6 is 0 Å². The molecular weight excluding hydrogens is 657 g/mol. The van der Waals surface area contributed by atoms with E-state index in [1.165, 1.54) is 16.7 Å². The Balaban J connectivity index is 1.21. The lowest BCUT2D eigenvalue weighted by molar-refractivity contribution is 0.421. The zero-order valence-electron chi connectivity index (χ0n) is 31.8. The number of aromatic nitrogens is 1. The summed E-state index contributed by atoms with van der Waals surface area (Å²) in [5, 5.41) is 3.88. The Morgan fingerprint density at radius 1 is 0.889 bits per heavy atom. The first-order chi connectivity index (χ1) is 26.3. The highest BCUT2D eigenvalue weighted by atomic mass is 15.0. The van der Waals surface area contributed by atoms with Crippen LogP contribution in [0.25, 0.3) is 22.8 Å². The maximum absolute atomic E-state index is 5.28. The number of nitrogens with one attached hydrogen (secondary N) is 1. The lowest BCUT2D eigenvalue weighted by atomic mass is 9.72. The van der Waals surface area contributed by atoms with Crippen molar-refractivity contribution in [1.29, 1.82) is 0 Å². The van der Waals surface area contributed by atoms with Gasteiger partial charge >= 0.3 is 0 Å². The molecule has 54 heavy (non-hydrogen) atoms. The molecule has 2 aliphatic heterocycles. The standard InChI is InChI=1S/C50H48N4/c1-7-16-35(5)52-47(40(9-3)41(17-8-2)36-18-12-10-13-19-36)46-34(4)22-27-44(53-46)39-25-23-37(24-26-39)42-30-33-51-48-43(42)28-31-50(6)32-29-45(54-49(48)50)38-20-14-11-15-21-38/h7,9-16,18-33,44,49,53H,1,3,8,17H2,2,4-6H3/b35-16+,41-40+,52-47+/t44?,49?,50-/m0/s1. The highest BCUT2D eigenvalue weighted by Gasteiger charge is 2.38. The summed E-state index contributed by atoms with van der Waals surface area (Å²) in [6.45, 7) is 16.8. The molecular formula is C50H48N4. The molecule has 0 saturated heterocycles. The van der Waals surface area contributed by atoms with Crippen LogP contribution in [0.4, 0.5) is 0 Å². The molecule has 1 aliphatic carbocycles. The Bertz CT molecular complexity index is 2310. The minimum atomic E-state index is -0.232. The van der Waals surface area contributed by atoms with Gasteiger partial charge in [0.15, 0.2) is 0 Å². The van der Waals surface area contributed by atoms with Gasteiger partial charge in [-0.2, -0.15) is 0 Å². The minimum Gasteiger partial charge on any atom is -0.373 e. The molecule has 0 spiro atoms. The Morgan fingerprint density at radius 3 is 2.31 bits per heavy atom. The van der Waals surface area contributed by atoms with E-state index in [9.17, 15) is 0 Å². The van der Waals surface area contributed by atoms with Crippen molar-refractivity contribution in [2.24, 2.45) is 15.4 Å². The molecule has 0 amide bonds. The van der Waals surface area contributed by atoms with Crippen molar-refractivity contribution in [3.63, 3.8) is 0 Å². The van der Waals surface area contributed by atoms with E-state index in [4.69, 9.17) is 15.0 Å². The Morgan fingerprint density at radius 2 is 1.61 bits per heavy atom. The predicted octanol–water partition coefficient (Wildman–Crippen LogP) is 12.3. The summed E-state index contributed by atoms with van der Waals surface area (Å²) in [4.78, 5) is 15.4. The van der Waals surface area contributed by atoms with Crippen LogP contribution in [0.2, 0.25) is 0 Å². The number of aliphatic imine (C=N–C) groups is 2. The van der Waals surface area contributed by atoms with Gasteiger partial charge in [-0.3, -0.25) is 15.0 Å². The van der Waals surface area contributed by atoms with Crippen LogP contribution in [0.15, 0.2) is 191 Å². The summed E-state index contributed by atoms with van der Waals surface area (Å²) in [6, 6.07) is 31.9. The molecule has 0 fully saturated rings. The predicted molar refractivity (Wildman–Crippen MR) is 229 cm³/mol. The fourth-order valence-corrected chi connectivity index (χ4v) is 7.63. The second-order valence-electron chi connectivity index (χ2n) is 14.4. The summed E-state index contributed by atoms with van der Waals surface area (Å²) in [5.41, 5.74) is 14.8. The van der Waals surface area contributed by atoms with Gasteiger partial charge in [0.2, 0.25) is 0 Å². The van der Waals surface area contributed by atoms with E-state index in [0.717, 1.165) is 74.8 Å². The smallest absolute Gasteiger partial charge is 0.106 e. The van der Waals surface area contributed by atoms with E-state index < -0.39 is 0 Å². The maximum Gasteiger partial charge on any atom is 0.106 e. The number of hydrogen-bond donors (Lipinski definition) is 1. The van der Waals surface area contributed by atoms with E-state index in [1.807, 2.05) is 31.3 Å². The molecule has 3 aliphatic rings. The summed E-state index contributed by atoms with van der Waals surface area (Å²) in [7, 11) is 0. The van der Waals surface area contributed by atoms with E-state index >= 15 is 0 Å². The summed E-state index contributed by atoms with van der Waals surface area (Å²) in [6.07, 6.45) is 22.9. The molecule has 3 aromatic carbocycles. The number of dihydropyridines is 2. The molecule has 3 heterocycles. The first-order valence-electron chi connectivity index (χ1n) is 18.9. The number of nitrogens with zero attached hydrogens (tertiary/aromatic N) is 3. The molecule has 1 aromatic heterocycles. The lowest BCUT2D eigenvalue weighted by Crippen LogP contribution is -2.29. The van der Waals surface area contributed by atoms with Gasteiger partial charge in [0, 0.05) is 28.4 Å². The fourth-order valence-electron chi connectivity index (χ4n) is 7.63. The van der Waals surface area contributed by atoms with Crippen LogP contribution in [0, 0.1) is 5.41 Å². The van der Waals surface area contributed by atoms with E-state index in [-0.39, 0.29) is 17.5 Å². The van der Waals surface area contributed by atoms with Gasteiger partial charge in [0.05, 0.1) is 28.9 Å². The third-order valence-electron chi connectivity index (χ3n) is 10.5. The van der Waals surface area contributed by atoms with Gasteiger partial charge in [-0.1, -0.05) is 161 Å². The lowest BCUT2D eigenvalue weighted by Gasteiger charge is -2.36. The normalized spacial score (nSPS) is 21.1. The zero-order chi connectivity index (χ0) is 37.7. The molecule has 7 rings (SSSR count). The number of hydrogen-bond acceptors (Lipinski definition) is 4. The summed E-state index contributed by atoms with van der Waals surface area (Å²) in [5.74, 6) is 0. The van der Waals surface area contributed by atoms with Gasteiger partial charge in [0.25, 0.3) is 0 Å². The molecule has 2 unspecified atom stereocenters. The minimum absolute atomic E-state index is 0.0456. The molecule has 0 saturated carbocycles. The van der Waals surface area contributed by atoms with Crippen molar-refractivity contribution in [3.05, 3.63) is 209 Å². The van der Waals surface area contributed by atoms with Crippen molar-refractivity contribution in [1.82, 2.24) is 10.3 Å². The largest absolute Gasteiger partial charge is 0.373 e. The second kappa shape index (κ2) is 15.9. The van der Waals surface area contributed by atoms with Crippen molar-refractivity contribution in [2.75, 3.05) is 0 Å². The quantitative estimate of drug-likeness (QED) is 0.125. The van der Waals surface area contributed by atoms with Crippen LogP contribution in [-0.2, 0) is 0 Å². The molecule has 0 bridgehead atoms. The van der Waals surface area contributed by atoms with Gasteiger partial charge in [-0.05, 0) is 77.5 Å². The average Bonchev–Trinajstić information content (AvgIpc) is 3.21. The van der Waals surface area contributed by atoms with Crippen LogP contribution in [-0.4, -0.2) is 16.4 Å². The Kier molecular flexibility index (Phi) is 10.6. The SMILES string of the molecule is C=C/C=C(C)/N=C(C1=C(C)C=CC(c2ccc(-c3ccnc4c3C=C[C@@]3(C)C=CC(c5ccccc5)=NC43)cc2)N1)\C(C=C)=C(/CCC)c1ccccc1. The van der Waals surface area contributed by atoms with Gasteiger partial charge < -0.3 is 5.32 Å². The molecule has 268 valence electrons. The molecule has 1 N–H and O–H groups in total. The first-order valence-corrected chi connectivity index (χ1v) is 18.9. The molecule has 4 nitrogen and oxygen atoms in total. The highest BCUT2D eigenvalue weighted by Crippen LogP contribution is 2.48.